The number of hydrogen-bond acceptors (Lipinski definition) is 4. The molecule has 3 N–H and O–H groups in total. The summed E-state index contributed by atoms with van der Waals surface area (Å²) in [6.45, 7) is 0. The standard InChI is InChI=1S/C17H18ClN3O/c1-22-14-4-2-3-12(9-14)16-10-15(20-17(19)21-16)11-5-7-13(18)8-6-11/h2-9,15-16H,10H2,1H3,(H3,19,20,21). The lowest BCUT2D eigenvalue weighted by Crippen LogP contribution is -2.39. The zero-order chi connectivity index (χ0) is 15.5. The molecule has 3 rings (SSSR count). The summed E-state index contributed by atoms with van der Waals surface area (Å²) < 4.78 is 5.29. The molecule has 0 aromatic heterocycles. The normalized spacial score (nSPS) is 20.9. The van der Waals surface area contributed by atoms with Crippen LogP contribution in [0.25, 0.3) is 0 Å². The predicted molar refractivity (Wildman–Crippen MR) is 89.3 cm³/mol. The molecular formula is C17H18ClN3O. The van der Waals surface area contributed by atoms with Crippen LogP contribution in [-0.2, 0) is 0 Å². The first-order valence-electron chi connectivity index (χ1n) is 7.15. The van der Waals surface area contributed by atoms with Crippen molar-refractivity contribution < 1.29 is 4.74 Å². The molecular weight excluding hydrogens is 298 g/mol. The summed E-state index contributed by atoms with van der Waals surface area (Å²) in [5.74, 6) is 1.28. The fourth-order valence-electron chi connectivity index (χ4n) is 2.69. The van der Waals surface area contributed by atoms with Gasteiger partial charge in [0.15, 0.2) is 5.96 Å². The van der Waals surface area contributed by atoms with Crippen LogP contribution < -0.4 is 15.8 Å². The lowest BCUT2D eigenvalue weighted by molar-refractivity contribution is 0.412. The zero-order valence-corrected chi connectivity index (χ0v) is 13.0. The van der Waals surface area contributed by atoms with Crippen molar-refractivity contribution >= 4 is 17.6 Å². The predicted octanol–water partition coefficient (Wildman–Crippen LogP) is 3.44. The van der Waals surface area contributed by atoms with Gasteiger partial charge >= 0.3 is 0 Å². The Kier molecular flexibility index (Phi) is 4.20. The molecule has 0 bridgehead atoms. The Morgan fingerprint density at radius 3 is 2.68 bits per heavy atom. The number of nitrogens with two attached hydrogens (primary N) is 1. The highest BCUT2D eigenvalue weighted by atomic mass is 35.5. The molecule has 2 atom stereocenters. The van der Waals surface area contributed by atoms with Crippen LogP contribution in [-0.4, -0.2) is 13.1 Å². The second-order valence-electron chi connectivity index (χ2n) is 5.29. The molecule has 114 valence electrons. The number of hydrogen-bond donors (Lipinski definition) is 2. The Bertz CT molecular complexity index is 685. The molecule has 1 aliphatic rings. The fraction of sp³-hybridized carbons (Fsp3) is 0.235. The summed E-state index contributed by atoms with van der Waals surface area (Å²) >= 11 is 5.95. The molecule has 1 heterocycles. The molecule has 0 fully saturated rings. The van der Waals surface area contributed by atoms with Gasteiger partial charge in [-0.2, -0.15) is 0 Å². The molecule has 5 heteroatoms. The Labute approximate surface area is 135 Å². The summed E-state index contributed by atoms with van der Waals surface area (Å²) in [6, 6.07) is 15.9. The van der Waals surface area contributed by atoms with Crippen LogP contribution in [0.1, 0.15) is 29.6 Å². The number of nitrogens with one attached hydrogen (secondary N) is 1. The highest BCUT2D eigenvalue weighted by Gasteiger charge is 2.24. The van der Waals surface area contributed by atoms with Crippen LogP contribution in [0, 0.1) is 0 Å². The molecule has 4 nitrogen and oxygen atoms in total. The molecule has 0 saturated carbocycles. The van der Waals surface area contributed by atoms with E-state index in [2.05, 4.69) is 10.3 Å². The smallest absolute Gasteiger partial charge is 0.189 e. The highest BCUT2D eigenvalue weighted by Crippen LogP contribution is 2.33. The number of aliphatic imine (C=N–C) groups is 1. The lowest BCUT2D eigenvalue weighted by Gasteiger charge is -2.29. The third kappa shape index (κ3) is 3.17. The van der Waals surface area contributed by atoms with E-state index in [1.165, 1.54) is 0 Å². The Morgan fingerprint density at radius 2 is 1.95 bits per heavy atom. The molecule has 0 amide bonds. The van der Waals surface area contributed by atoms with Gasteiger partial charge in [-0.05, 0) is 41.8 Å². The van der Waals surface area contributed by atoms with E-state index in [9.17, 15) is 0 Å². The minimum absolute atomic E-state index is 0.0111. The van der Waals surface area contributed by atoms with Crippen molar-refractivity contribution in [2.75, 3.05) is 7.11 Å². The second kappa shape index (κ2) is 6.28. The van der Waals surface area contributed by atoms with Gasteiger partial charge in [0.05, 0.1) is 19.2 Å². The topological polar surface area (TPSA) is 59.6 Å². The number of benzene rings is 2. The van der Waals surface area contributed by atoms with Gasteiger partial charge in [0, 0.05) is 5.02 Å². The second-order valence-corrected chi connectivity index (χ2v) is 5.73. The van der Waals surface area contributed by atoms with Gasteiger partial charge in [-0.15, -0.1) is 0 Å². The van der Waals surface area contributed by atoms with Crippen LogP contribution >= 0.6 is 11.6 Å². The first-order valence-corrected chi connectivity index (χ1v) is 7.53. The quantitative estimate of drug-likeness (QED) is 0.912. The van der Waals surface area contributed by atoms with Crippen LogP contribution in [0.5, 0.6) is 5.75 Å². The Hall–Kier alpha value is -2.20. The number of rotatable bonds is 3. The summed E-state index contributed by atoms with van der Waals surface area (Å²) in [5, 5.41) is 3.96. The maximum absolute atomic E-state index is 5.97. The van der Waals surface area contributed by atoms with E-state index in [4.69, 9.17) is 22.1 Å². The third-order valence-electron chi connectivity index (χ3n) is 3.83. The first kappa shape index (κ1) is 14.7. The van der Waals surface area contributed by atoms with Gasteiger partial charge in [-0.25, -0.2) is 4.99 Å². The Balaban J connectivity index is 1.86. The van der Waals surface area contributed by atoms with Gasteiger partial charge in [0.25, 0.3) is 0 Å². The summed E-state index contributed by atoms with van der Waals surface area (Å²) in [4.78, 5) is 4.52. The summed E-state index contributed by atoms with van der Waals surface area (Å²) in [7, 11) is 1.66. The number of guanidine groups is 1. The van der Waals surface area contributed by atoms with E-state index in [-0.39, 0.29) is 12.1 Å². The van der Waals surface area contributed by atoms with E-state index < -0.39 is 0 Å². The van der Waals surface area contributed by atoms with Crippen molar-refractivity contribution in [1.82, 2.24) is 5.32 Å². The van der Waals surface area contributed by atoms with Gasteiger partial charge in [0.1, 0.15) is 5.75 Å². The molecule has 0 spiro atoms. The summed E-state index contributed by atoms with van der Waals surface area (Å²) in [5.41, 5.74) is 8.22. The number of nitrogens with zero attached hydrogens (tertiary/aromatic N) is 1. The zero-order valence-electron chi connectivity index (χ0n) is 12.3. The Morgan fingerprint density at radius 1 is 1.18 bits per heavy atom. The van der Waals surface area contributed by atoms with Crippen molar-refractivity contribution in [3.8, 4) is 5.75 Å². The molecule has 1 aliphatic heterocycles. The minimum Gasteiger partial charge on any atom is -0.497 e. The number of methoxy groups -OCH3 is 1. The fourth-order valence-corrected chi connectivity index (χ4v) is 2.82. The molecule has 0 saturated heterocycles. The molecule has 0 radical (unpaired) electrons. The SMILES string of the molecule is COc1cccc(C2CC(c3ccc(Cl)cc3)NC(N)=N2)c1. The molecule has 2 aromatic rings. The van der Waals surface area contributed by atoms with Gasteiger partial charge in [0.2, 0.25) is 0 Å². The average molecular weight is 316 g/mol. The lowest BCUT2D eigenvalue weighted by atomic mass is 9.94. The average Bonchev–Trinajstić information content (AvgIpc) is 2.55. The maximum Gasteiger partial charge on any atom is 0.189 e. The van der Waals surface area contributed by atoms with Crippen LogP contribution in [0.4, 0.5) is 0 Å². The molecule has 22 heavy (non-hydrogen) atoms. The van der Waals surface area contributed by atoms with Crippen molar-refractivity contribution in [2.24, 2.45) is 10.7 Å². The maximum atomic E-state index is 5.97. The first-order chi connectivity index (χ1) is 10.7. The highest BCUT2D eigenvalue weighted by molar-refractivity contribution is 6.30. The van der Waals surface area contributed by atoms with Crippen molar-refractivity contribution in [1.29, 1.82) is 0 Å². The number of halogens is 1. The summed E-state index contributed by atoms with van der Waals surface area (Å²) in [6.07, 6.45) is 0.829. The number of ether oxygens (including phenoxy) is 1. The van der Waals surface area contributed by atoms with Gasteiger partial charge in [-0.3, -0.25) is 0 Å². The largest absolute Gasteiger partial charge is 0.497 e. The van der Waals surface area contributed by atoms with Crippen molar-refractivity contribution in [3.05, 3.63) is 64.7 Å². The van der Waals surface area contributed by atoms with Gasteiger partial charge in [-0.1, -0.05) is 35.9 Å². The van der Waals surface area contributed by atoms with Crippen LogP contribution in [0.15, 0.2) is 53.5 Å². The van der Waals surface area contributed by atoms with Crippen molar-refractivity contribution in [2.45, 2.75) is 18.5 Å². The van der Waals surface area contributed by atoms with Crippen LogP contribution in [0.3, 0.4) is 0 Å². The van der Waals surface area contributed by atoms with E-state index >= 15 is 0 Å². The van der Waals surface area contributed by atoms with E-state index in [1.54, 1.807) is 7.11 Å². The molecule has 2 aromatic carbocycles. The monoisotopic (exact) mass is 315 g/mol. The van der Waals surface area contributed by atoms with E-state index in [1.807, 2.05) is 48.5 Å². The van der Waals surface area contributed by atoms with E-state index in [0.717, 1.165) is 28.3 Å². The van der Waals surface area contributed by atoms with Gasteiger partial charge < -0.3 is 15.8 Å². The molecule has 2 unspecified atom stereocenters. The van der Waals surface area contributed by atoms with Crippen LogP contribution in [0.2, 0.25) is 5.02 Å². The minimum atomic E-state index is 0.0111. The molecule has 0 aliphatic carbocycles. The third-order valence-corrected chi connectivity index (χ3v) is 4.08. The van der Waals surface area contributed by atoms with E-state index in [0.29, 0.717) is 5.96 Å². The van der Waals surface area contributed by atoms with Crippen molar-refractivity contribution in [3.63, 3.8) is 0 Å².